The highest BCUT2D eigenvalue weighted by molar-refractivity contribution is 7.98. The maximum absolute atomic E-state index is 4.12. The largest absolute Gasteiger partial charge is 0.360 e. The molecule has 1 aromatic rings. The van der Waals surface area contributed by atoms with Crippen molar-refractivity contribution in [2.75, 3.05) is 17.6 Å². The normalized spacial score (nSPS) is 10.9. The number of hydrogen-bond acceptors (Lipinski definition) is 5. The van der Waals surface area contributed by atoms with Crippen LogP contribution < -0.4 is 5.32 Å². The molecule has 80 valence electrons. The quantitative estimate of drug-likeness (QED) is 0.817. The first-order chi connectivity index (χ1) is 6.72. The maximum atomic E-state index is 4.12. The molecule has 1 N–H and O–H groups in total. The fraction of sp³-hybridized carbons (Fsp3) is 0.778. The molecule has 0 unspecified atom stereocenters. The van der Waals surface area contributed by atoms with E-state index in [0.29, 0.717) is 0 Å². The molecule has 0 radical (unpaired) electrons. The summed E-state index contributed by atoms with van der Waals surface area (Å²) in [6, 6.07) is 0. The highest BCUT2D eigenvalue weighted by Gasteiger charge is 2.03. The summed E-state index contributed by atoms with van der Waals surface area (Å²) < 4.78 is 0. The van der Waals surface area contributed by atoms with Gasteiger partial charge in [0.25, 0.3) is 0 Å². The molecular formula is C9H17N3S2. The second-order valence-electron chi connectivity index (χ2n) is 3.44. The Morgan fingerprint density at radius 2 is 2.21 bits per heavy atom. The molecule has 5 heteroatoms. The van der Waals surface area contributed by atoms with Gasteiger partial charge in [0.15, 0.2) is 0 Å². The zero-order valence-electron chi connectivity index (χ0n) is 8.91. The number of anilines is 1. The maximum Gasteiger partial charge on any atom is 0.205 e. The van der Waals surface area contributed by atoms with E-state index in [9.17, 15) is 0 Å². The molecule has 1 heterocycles. The Morgan fingerprint density at radius 1 is 1.43 bits per heavy atom. The van der Waals surface area contributed by atoms with Crippen molar-refractivity contribution in [2.24, 2.45) is 5.92 Å². The second kappa shape index (κ2) is 6.24. The first-order valence-corrected chi connectivity index (χ1v) is 6.83. The summed E-state index contributed by atoms with van der Waals surface area (Å²) in [4.78, 5) is 0. The van der Waals surface area contributed by atoms with Gasteiger partial charge in [-0.3, -0.25) is 0 Å². The highest BCUT2D eigenvalue weighted by Crippen LogP contribution is 2.21. The Balaban J connectivity index is 2.28. The average molecular weight is 231 g/mol. The molecule has 14 heavy (non-hydrogen) atoms. The lowest BCUT2D eigenvalue weighted by atomic mass is 10.3. The summed E-state index contributed by atoms with van der Waals surface area (Å²) in [5.74, 6) is 2.93. The van der Waals surface area contributed by atoms with Crippen molar-refractivity contribution >= 4 is 28.2 Å². The summed E-state index contributed by atoms with van der Waals surface area (Å²) in [7, 11) is 0. The molecule has 0 amide bonds. The van der Waals surface area contributed by atoms with Gasteiger partial charge in [0.05, 0.1) is 0 Å². The molecule has 0 saturated carbocycles. The molecule has 0 saturated heterocycles. The van der Waals surface area contributed by atoms with Crippen molar-refractivity contribution in [1.29, 1.82) is 0 Å². The van der Waals surface area contributed by atoms with Crippen LogP contribution in [0, 0.1) is 5.92 Å². The fourth-order valence-electron chi connectivity index (χ4n) is 0.917. The van der Waals surface area contributed by atoms with Crippen LogP contribution in [0.5, 0.6) is 0 Å². The van der Waals surface area contributed by atoms with E-state index in [2.05, 4.69) is 36.3 Å². The van der Waals surface area contributed by atoms with Gasteiger partial charge >= 0.3 is 0 Å². The van der Waals surface area contributed by atoms with Crippen LogP contribution in [0.15, 0.2) is 0 Å². The number of aromatic nitrogens is 2. The van der Waals surface area contributed by atoms with Gasteiger partial charge < -0.3 is 5.32 Å². The summed E-state index contributed by atoms with van der Waals surface area (Å²) >= 11 is 3.58. The molecule has 0 aromatic carbocycles. The second-order valence-corrected chi connectivity index (χ2v) is 5.53. The van der Waals surface area contributed by atoms with Gasteiger partial charge in [-0.1, -0.05) is 25.2 Å². The molecule has 0 bridgehead atoms. The molecular weight excluding hydrogens is 214 g/mol. The van der Waals surface area contributed by atoms with Crippen molar-refractivity contribution in [1.82, 2.24) is 10.2 Å². The van der Waals surface area contributed by atoms with Crippen molar-refractivity contribution in [3.05, 3.63) is 5.01 Å². The minimum absolute atomic E-state index is 0.751. The Morgan fingerprint density at radius 3 is 2.86 bits per heavy atom. The van der Waals surface area contributed by atoms with Gasteiger partial charge in [0.2, 0.25) is 5.13 Å². The predicted octanol–water partition coefficient (Wildman–Crippen LogP) is 2.86. The first-order valence-electron chi connectivity index (χ1n) is 4.86. The molecule has 3 nitrogen and oxygen atoms in total. The Labute approximate surface area is 93.7 Å². The molecule has 0 aliphatic rings. The lowest BCUT2D eigenvalue weighted by molar-refractivity contribution is 0.750. The van der Waals surface area contributed by atoms with E-state index < -0.39 is 0 Å². The summed E-state index contributed by atoms with van der Waals surface area (Å²) in [5.41, 5.74) is 0. The fourth-order valence-corrected chi connectivity index (χ4v) is 2.83. The van der Waals surface area contributed by atoms with Crippen LogP contribution in [0.1, 0.15) is 25.8 Å². The molecule has 1 rings (SSSR count). The molecule has 0 aliphatic heterocycles. The smallest absolute Gasteiger partial charge is 0.205 e. The molecule has 1 aromatic heterocycles. The minimum atomic E-state index is 0.751. The predicted molar refractivity (Wildman–Crippen MR) is 65.1 cm³/mol. The van der Waals surface area contributed by atoms with Gasteiger partial charge in [0.1, 0.15) is 5.01 Å². The van der Waals surface area contributed by atoms with Crippen LogP contribution in [0.25, 0.3) is 0 Å². The lowest BCUT2D eigenvalue weighted by Crippen LogP contribution is -1.94. The van der Waals surface area contributed by atoms with Crippen LogP contribution in [-0.2, 0) is 5.75 Å². The zero-order chi connectivity index (χ0) is 10.4. The van der Waals surface area contributed by atoms with Crippen molar-refractivity contribution in [2.45, 2.75) is 26.5 Å². The van der Waals surface area contributed by atoms with Crippen LogP contribution in [-0.4, -0.2) is 22.5 Å². The minimum Gasteiger partial charge on any atom is -0.360 e. The van der Waals surface area contributed by atoms with E-state index in [4.69, 9.17) is 0 Å². The Hall–Kier alpha value is -0.290. The van der Waals surface area contributed by atoms with E-state index in [-0.39, 0.29) is 0 Å². The van der Waals surface area contributed by atoms with E-state index >= 15 is 0 Å². The highest BCUT2D eigenvalue weighted by atomic mass is 32.2. The van der Waals surface area contributed by atoms with Crippen molar-refractivity contribution < 1.29 is 0 Å². The SMILES string of the molecule is CCNc1nnc(CSCC(C)C)s1. The van der Waals surface area contributed by atoms with Crippen LogP contribution in [0.2, 0.25) is 0 Å². The van der Waals surface area contributed by atoms with Crippen molar-refractivity contribution in [3.63, 3.8) is 0 Å². The van der Waals surface area contributed by atoms with E-state index in [1.54, 1.807) is 11.3 Å². The van der Waals surface area contributed by atoms with Gasteiger partial charge in [-0.2, -0.15) is 11.8 Å². The molecule has 0 spiro atoms. The van der Waals surface area contributed by atoms with E-state index in [0.717, 1.165) is 28.4 Å². The Bertz CT molecular complexity index is 260. The third-order valence-corrected chi connectivity index (χ3v) is 3.92. The van der Waals surface area contributed by atoms with Crippen LogP contribution in [0.4, 0.5) is 5.13 Å². The van der Waals surface area contributed by atoms with Gasteiger partial charge in [-0.25, -0.2) is 0 Å². The van der Waals surface area contributed by atoms with E-state index in [1.165, 1.54) is 5.75 Å². The monoisotopic (exact) mass is 231 g/mol. The third kappa shape index (κ3) is 4.28. The summed E-state index contributed by atoms with van der Waals surface area (Å²) in [5, 5.41) is 13.4. The molecule has 0 fully saturated rings. The average Bonchev–Trinajstić information content (AvgIpc) is 2.53. The first kappa shape index (κ1) is 11.8. The topological polar surface area (TPSA) is 37.8 Å². The summed E-state index contributed by atoms with van der Waals surface area (Å²) in [6.45, 7) is 7.44. The standard InChI is InChI=1S/C9H17N3S2/c1-4-10-9-12-11-8(14-9)6-13-5-7(2)3/h7H,4-6H2,1-3H3,(H,10,12). The number of rotatable bonds is 6. The number of nitrogens with one attached hydrogen (secondary N) is 1. The van der Waals surface area contributed by atoms with Gasteiger partial charge in [-0.05, 0) is 18.6 Å². The van der Waals surface area contributed by atoms with Gasteiger partial charge in [-0.15, -0.1) is 10.2 Å². The summed E-state index contributed by atoms with van der Waals surface area (Å²) in [6.07, 6.45) is 0. The Kier molecular flexibility index (Phi) is 5.25. The van der Waals surface area contributed by atoms with Crippen LogP contribution in [0.3, 0.4) is 0 Å². The van der Waals surface area contributed by atoms with Crippen molar-refractivity contribution in [3.8, 4) is 0 Å². The third-order valence-electron chi connectivity index (χ3n) is 1.47. The zero-order valence-corrected chi connectivity index (χ0v) is 10.5. The number of nitrogens with zero attached hydrogens (tertiary/aromatic N) is 2. The van der Waals surface area contributed by atoms with Crippen LogP contribution >= 0.6 is 23.1 Å². The van der Waals surface area contributed by atoms with E-state index in [1.807, 2.05) is 11.8 Å². The molecule has 0 atom stereocenters. The number of thioether (sulfide) groups is 1. The molecule has 0 aliphatic carbocycles. The lowest BCUT2D eigenvalue weighted by Gasteiger charge is -2.00. The van der Waals surface area contributed by atoms with Gasteiger partial charge in [0, 0.05) is 12.3 Å². The number of hydrogen-bond donors (Lipinski definition) is 1.